The van der Waals surface area contributed by atoms with Gasteiger partial charge in [0, 0.05) is 11.8 Å². The molecular weight excluding hydrogens is 550 g/mol. The Hall–Kier alpha value is -3.44. The Morgan fingerprint density at radius 1 is 0.846 bits per heavy atom. The number of fused-ring (bicyclic) bond motifs is 1. The van der Waals surface area contributed by atoms with Crippen molar-refractivity contribution in [2.24, 2.45) is 17.8 Å². The van der Waals surface area contributed by atoms with Crippen molar-refractivity contribution in [1.29, 1.82) is 0 Å². The van der Waals surface area contributed by atoms with Gasteiger partial charge in [-0.15, -0.1) is 0 Å². The molecule has 2 bridgehead atoms. The first-order chi connectivity index (χ1) is 18.7. The van der Waals surface area contributed by atoms with Gasteiger partial charge in [-0.05, 0) is 49.2 Å². The zero-order valence-corrected chi connectivity index (χ0v) is 22.1. The van der Waals surface area contributed by atoms with E-state index in [1.807, 2.05) is 0 Å². The molecule has 2 saturated carbocycles. The Morgan fingerprint density at radius 3 is 1.79 bits per heavy atom. The number of halogens is 2. The van der Waals surface area contributed by atoms with Gasteiger partial charge in [0.2, 0.25) is 0 Å². The minimum Gasteiger partial charge on any atom is -0.458 e. The monoisotopic (exact) mass is 575 g/mol. The predicted molar refractivity (Wildman–Crippen MR) is 137 cm³/mol. The Bertz CT molecular complexity index is 1310. The molecule has 6 rings (SSSR count). The highest BCUT2D eigenvalue weighted by Gasteiger charge is 2.63. The van der Waals surface area contributed by atoms with Crippen LogP contribution >= 0.6 is 0 Å². The van der Waals surface area contributed by atoms with E-state index in [0.29, 0.717) is 12.8 Å². The molecule has 3 fully saturated rings. The van der Waals surface area contributed by atoms with Gasteiger partial charge >= 0.3 is 28.0 Å². The van der Waals surface area contributed by atoms with Gasteiger partial charge < -0.3 is 13.7 Å². The molecule has 1 saturated heterocycles. The third-order valence-electron chi connectivity index (χ3n) is 6.99. The van der Waals surface area contributed by atoms with Crippen LogP contribution in [0.5, 0.6) is 0 Å². The summed E-state index contributed by atoms with van der Waals surface area (Å²) in [5, 5.41) is 0. The van der Waals surface area contributed by atoms with Crippen LogP contribution in [0.2, 0.25) is 0 Å². The molecule has 0 radical (unpaired) electrons. The number of ether oxygens (including phenoxy) is 2. The summed E-state index contributed by atoms with van der Waals surface area (Å²) in [7, 11) is -5.31. The molecule has 0 N–H and O–H groups in total. The molecule has 7 nitrogen and oxygen atoms in total. The van der Waals surface area contributed by atoms with Gasteiger partial charge in [0.15, 0.2) is 14.7 Å². The molecule has 3 aliphatic rings. The standard InChI is InChI=1S/C18H15S.C10H10F2O7S/c1-4-10-16(11-5-1)19(17-12-6-2-7-13-17)18-14-8-3-9-15-18;11-9(12)20(15,16)19-10(14)18-6-3-1-4-5(2-3)8(13)17-7(4)6/h1-15H;3-7,9H,1-2H2/q+1;. The van der Waals surface area contributed by atoms with Crippen LogP contribution in [0.25, 0.3) is 0 Å². The lowest BCUT2D eigenvalue weighted by Gasteiger charge is -2.24. The molecule has 1 heterocycles. The van der Waals surface area contributed by atoms with Crippen LogP contribution in [0, 0.1) is 17.8 Å². The molecule has 3 aromatic carbocycles. The fraction of sp³-hybridized carbons (Fsp3) is 0.286. The normalized spacial score (nSPS) is 24.7. The summed E-state index contributed by atoms with van der Waals surface area (Å²) < 4.78 is 59.0. The molecule has 204 valence electrons. The van der Waals surface area contributed by atoms with E-state index in [0.717, 1.165) is 0 Å². The summed E-state index contributed by atoms with van der Waals surface area (Å²) in [5.41, 5.74) is 0. The molecular formula is C28H25F2O7S2+. The van der Waals surface area contributed by atoms with Crippen LogP contribution in [-0.2, 0) is 39.5 Å². The number of benzene rings is 3. The molecule has 5 unspecified atom stereocenters. The van der Waals surface area contributed by atoms with E-state index in [1.165, 1.54) is 14.7 Å². The second-order valence-corrected chi connectivity index (χ2v) is 12.9. The second-order valence-electron chi connectivity index (χ2n) is 9.32. The van der Waals surface area contributed by atoms with E-state index in [2.05, 4.69) is 95.2 Å². The van der Waals surface area contributed by atoms with Crippen LogP contribution in [-0.4, -0.2) is 38.5 Å². The van der Waals surface area contributed by atoms with Crippen LogP contribution in [0.15, 0.2) is 106 Å². The molecule has 2 aliphatic carbocycles. The van der Waals surface area contributed by atoms with Gasteiger partial charge in [-0.2, -0.15) is 17.2 Å². The Kier molecular flexibility index (Phi) is 7.90. The van der Waals surface area contributed by atoms with E-state index in [-0.39, 0.29) is 34.6 Å². The SMILES string of the molecule is O=C(OC1C2CC3C(=O)OC1C3C2)OS(=O)(=O)C(F)F.c1ccc([S+](c2ccccc2)c2ccccc2)cc1. The van der Waals surface area contributed by atoms with E-state index in [1.54, 1.807) is 0 Å². The number of alkyl halides is 2. The zero-order valence-electron chi connectivity index (χ0n) is 20.5. The number of esters is 1. The molecule has 39 heavy (non-hydrogen) atoms. The predicted octanol–water partition coefficient (Wildman–Crippen LogP) is 5.42. The van der Waals surface area contributed by atoms with Gasteiger partial charge in [-0.25, -0.2) is 4.79 Å². The fourth-order valence-electron chi connectivity index (χ4n) is 5.40. The Balaban J connectivity index is 0.000000158. The summed E-state index contributed by atoms with van der Waals surface area (Å²) in [5.74, 6) is -4.59. The molecule has 5 atom stereocenters. The maximum atomic E-state index is 12.0. The number of hydrogen-bond acceptors (Lipinski definition) is 7. The molecule has 11 heteroatoms. The van der Waals surface area contributed by atoms with Crippen molar-refractivity contribution in [3.63, 3.8) is 0 Å². The number of rotatable bonds is 6. The zero-order chi connectivity index (χ0) is 27.6. The van der Waals surface area contributed by atoms with E-state index in [4.69, 9.17) is 9.47 Å². The molecule has 0 aromatic heterocycles. The van der Waals surface area contributed by atoms with Crippen LogP contribution in [0.4, 0.5) is 13.6 Å². The quantitative estimate of drug-likeness (QED) is 0.220. The minimum absolute atomic E-state index is 0.0146. The first kappa shape index (κ1) is 27.1. The van der Waals surface area contributed by atoms with Gasteiger partial charge in [-0.1, -0.05) is 54.6 Å². The van der Waals surface area contributed by atoms with Crippen LogP contribution < -0.4 is 0 Å². The topological polar surface area (TPSA) is 96.0 Å². The lowest BCUT2D eigenvalue weighted by atomic mass is 9.88. The van der Waals surface area contributed by atoms with E-state index in [9.17, 15) is 26.8 Å². The Morgan fingerprint density at radius 2 is 1.33 bits per heavy atom. The third-order valence-corrected chi connectivity index (χ3v) is 10.0. The third kappa shape index (κ3) is 5.79. The number of hydrogen-bond donors (Lipinski definition) is 0. The first-order valence-electron chi connectivity index (χ1n) is 12.3. The lowest BCUT2D eigenvalue weighted by Crippen LogP contribution is -2.37. The van der Waals surface area contributed by atoms with Crippen molar-refractivity contribution >= 4 is 33.1 Å². The summed E-state index contributed by atoms with van der Waals surface area (Å²) >= 11 is 0. The number of carbonyl (C=O) groups excluding carboxylic acids is 2. The van der Waals surface area contributed by atoms with Gasteiger partial charge in [0.25, 0.3) is 0 Å². The van der Waals surface area contributed by atoms with Crippen molar-refractivity contribution in [2.45, 2.75) is 45.5 Å². The summed E-state index contributed by atoms with van der Waals surface area (Å²) in [4.78, 5) is 26.8. The second kappa shape index (κ2) is 11.4. The smallest absolute Gasteiger partial charge is 0.458 e. The number of carbonyl (C=O) groups is 2. The fourth-order valence-corrected chi connectivity index (χ4v) is 7.81. The van der Waals surface area contributed by atoms with Crippen molar-refractivity contribution in [2.75, 3.05) is 0 Å². The average molecular weight is 576 g/mol. The van der Waals surface area contributed by atoms with Crippen molar-refractivity contribution < 1.29 is 40.4 Å². The average Bonchev–Trinajstić information content (AvgIpc) is 3.56. The summed E-state index contributed by atoms with van der Waals surface area (Å²) in [6.07, 6.45) is -2.07. The Labute approximate surface area is 227 Å². The molecule has 0 amide bonds. The highest BCUT2D eigenvalue weighted by atomic mass is 32.2. The highest BCUT2D eigenvalue weighted by Crippen LogP contribution is 2.55. The van der Waals surface area contributed by atoms with Gasteiger partial charge in [-0.3, -0.25) is 4.79 Å². The maximum absolute atomic E-state index is 12.0. The largest absolute Gasteiger partial charge is 0.524 e. The minimum atomic E-state index is -5.29. The van der Waals surface area contributed by atoms with Crippen LogP contribution in [0.1, 0.15) is 12.8 Å². The summed E-state index contributed by atoms with van der Waals surface area (Å²) in [6.45, 7) is 0. The van der Waals surface area contributed by atoms with Crippen molar-refractivity contribution in [3.05, 3.63) is 91.0 Å². The van der Waals surface area contributed by atoms with Crippen LogP contribution in [0.3, 0.4) is 0 Å². The summed E-state index contributed by atoms with van der Waals surface area (Å²) in [6, 6.07) is 32.2. The molecule has 1 aliphatic heterocycles. The van der Waals surface area contributed by atoms with E-state index < -0.39 is 34.2 Å². The highest BCUT2D eigenvalue weighted by molar-refractivity contribution is 7.97. The first-order valence-corrected chi connectivity index (χ1v) is 15.0. The maximum Gasteiger partial charge on any atom is 0.524 e. The molecule has 0 spiro atoms. The van der Waals surface area contributed by atoms with Crippen molar-refractivity contribution in [1.82, 2.24) is 0 Å². The lowest BCUT2D eigenvalue weighted by molar-refractivity contribution is -0.146. The van der Waals surface area contributed by atoms with Crippen molar-refractivity contribution in [3.8, 4) is 0 Å². The van der Waals surface area contributed by atoms with Gasteiger partial charge in [0.1, 0.15) is 12.2 Å². The van der Waals surface area contributed by atoms with E-state index >= 15 is 0 Å². The van der Waals surface area contributed by atoms with Gasteiger partial charge in [0.05, 0.1) is 16.8 Å². The molecule has 3 aromatic rings.